The van der Waals surface area contributed by atoms with Crippen LogP contribution < -0.4 is 20.3 Å². The molecule has 6 heterocycles. The summed E-state index contributed by atoms with van der Waals surface area (Å²) in [4.78, 5) is 69.1. The zero-order chi connectivity index (χ0) is 43.5. The van der Waals surface area contributed by atoms with E-state index in [1.54, 1.807) is 25.4 Å². The van der Waals surface area contributed by atoms with E-state index in [9.17, 15) is 27.6 Å². The summed E-state index contributed by atoms with van der Waals surface area (Å²) in [5, 5.41) is 6.09. The zero-order valence-corrected chi connectivity index (χ0v) is 35.4. The maximum atomic E-state index is 15.6. The van der Waals surface area contributed by atoms with Gasteiger partial charge >= 0.3 is 10.2 Å². The minimum absolute atomic E-state index is 0.126. The summed E-state index contributed by atoms with van der Waals surface area (Å²) in [5.41, 5.74) is 3.56. The molecule has 1 atom stereocenters. The van der Waals surface area contributed by atoms with Crippen LogP contribution in [0, 0.1) is 5.82 Å². The molecule has 3 saturated heterocycles. The van der Waals surface area contributed by atoms with Crippen molar-refractivity contribution in [3.63, 3.8) is 0 Å². The second-order valence-electron chi connectivity index (χ2n) is 15.9. The number of carbonyl (C=O) groups is 4. The molecular formula is C44H49FN10O6S. The predicted molar refractivity (Wildman–Crippen MR) is 233 cm³/mol. The van der Waals surface area contributed by atoms with E-state index in [0.717, 1.165) is 47.3 Å². The highest BCUT2D eigenvalue weighted by Gasteiger charge is 2.29. The Bertz CT molecular complexity index is 2590. The normalized spacial score (nSPS) is 18.0. The Kier molecular flexibility index (Phi) is 12.3. The van der Waals surface area contributed by atoms with E-state index in [1.165, 1.54) is 37.0 Å². The largest absolute Gasteiger partial charge is 0.374 e. The van der Waals surface area contributed by atoms with Gasteiger partial charge in [0.05, 0.1) is 17.8 Å². The van der Waals surface area contributed by atoms with Crippen LogP contribution in [0.25, 0.3) is 22.2 Å². The van der Waals surface area contributed by atoms with Crippen LogP contribution in [0.3, 0.4) is 0 Å². The highest BCUT2D eigenvalue weighted by Crippen LogP contribution is 2.31. The number of amides is 3. The maximum absolute atomic E-state index is 15.6. The molecule has 0 saturated carbocycles. The summed E-state index contributed by atoms with van der Waals surface area (Å²) in [6, 6.07) is 17.4. The van der Waals surface area contributed by atoms with E-state index in [0.29, 0.717) is 68.1 Å². The van der Waals surface area contributed by atoms with Gasteiger partial charge in [-0.1, -0.05) is 25.1 Å². The highest BCUT2D eigenvalue weighted by molar-refractivity contribution is 7.90. The van der Waals surface area contributed by atoms with Gasteiger partial charge in [0.1, 0.15) is 17.5 Å². The molecule has 62 heavy (non-hydrogen) atoms. The number of hydrogen-bond donors (Lipinski definition) is 4. The number of anilines is 3. The number of nitrogens with zero attached hydrogens (tertiary/aromatic N) is 6. The molecule has 2 aromatic carbocycles. The Balaban J connectivity index is 0.824. The molecule has 4 N–H and O–H groups in total. The Morgan fingerprint density at radius 1 is 0.903 bits per heavy atom. The van der Waals surface area contributed by atoms with Crippen molar-refractivity contribution in [2.75, 3.05) is 74.3 Å². The first kappa shape index (κ1) is 42.5. The van der Waals surface area contributed by atoms with Crippen LogP contribution in [-0.4, -0.2) is 126 Å². The number of nitrogens with one attached hydrogen (secondary N) is 4. The van der Waals surface area contributed by atoms with Gasteiger partial charge in [-0.25, -0.2) is 14.4 Å². The quantitative estimate of drug-likeness (QED) is 0.0972. The summed E-state index contributed by atoms with van der Waals surface area (Å²) >= 11 is 0. The van der Waals surface area contributed by atoms with Gasteiger partial charge < -0.3 is 20.1 Å². The lowest BCUT2D eigenvalue weighted by Crippen LogP contribution is -2.52. The number of hydrogen-bond acceptors (Lipinski definition) is 11. The molecule has 0 radical (unpaired) electrons. The Morgan fingerprint density at radius 2 is 1.65 bits per heavy atom. The first-order chi connectivity index (χ1) is 29.9. The molecule has 3 aliphatic rings. The fraction of sp³-hybridized carbons (Fsp3) is 0.364. The van der Waals surface area contributed by atoms with E-state index in [-0.39, 0.29) is 41.1 Å². The molecule has 3 aliphatic heterocycles. The van der Waals surface area contributed by atoms with Crippen molar-refractivity contribution < 1.29 is 32.0 Å². The number of piperidine rings is 2. The minimum atomic E-state index is -4.01. The molecule has 5 aromatic rings. The summed E-state index contributed by atoms with van der Waals surface area (Å²) < 4.78 is 43.9. The van der Waals surface area contributed by atoms with Gasteiger partial charge in [0.2, 0.25) is 17.7 Å². The standard InChI is InChI=1S/C44H49FN10O6S/c1-3-52(2)62(60,61)51-36-6-4-5-33(41(36)45)42(58)35-26-48-43-34(35)23-31(25-47-43)30-9-13-38(46-24-30)54-19-21-55(22-20-54)40(57)27-53-17-15-29(16-18-53)28-7-10-32(11-8-28)49-37-12-14-39(56)50-44(37)59/h4-11,13,23-26,29,37,49,51H,3,12,14-22,27H2,1-2H3,(H,47,48)(H,50,56,59). The van der Waals surface area contributed by atoms with Crippen LogP contribution in [0.5, 0.6) is 0 Å². The second-order valence-corrected chi connectivity index (χ2v) is 17.7. The summed E-state index contributed by atoms with van der Waals surface area (Å²) in [6.45, 7) is 6.36. The van der Waals surface area contributed by atoms with Crippen molar-refractivity contribution in [1.29, 1.82) is 0 Å². The number of aromatic nitrogens is 3. The molecule has 324 valence electrons. The van der Waals surface area contributed by atoms with Gasteiger partial charge in [-0.05, 0) is 86.3 Å². The highest BCUT2D eigenvalue weighted by atomic mass is 32.2. The van der Waals surface area contributed by atoms with Crippen LogP contribution >= 0.6 is 0 Å². The predicted octanol–water partition coefficient (Wildman–Crippen LogP) is 4.35. The zero-order valence-electron chi connectivity index (χ0n) is 34.6. The SMILES string of the molecule is CCN(C)S(=O)(=O)Nc1cccc(C(=O)c2c[nH]c3ncc(-c4ccc(N5CCN(C(=O)CN6CCC(c7ccc(NC8CCC(=O)NC8=O)cc7)CC6)CC5)nc4)cc23)c1F. The molecule has 0 spiro atoms. The molecule has 16 nitrogen and oxygen atoms in total. The second kappa shape index (κ2) is 18.0. The molecule has 8 rings (SSSR count). The number of piperazine rings is 1. The summed E-state index contributed by atoms with van der Waals surface area (Å²) in [5.74, 6) is -0.821. The third-order valence-corrected chi connectivity index (χ3v) is 13.6. The Hall–Kier alpha value is -6.24. The fourth-order valence-electron chi connectivity index (χ4n) is 8.20. The van der Waals surface area contributed by atoms with E-state index in [2.05, 4.69) is 47.3 Å². The van der Waals surface area contributed by atoms with Crippen molar-refractivity contribution >= 4 is 61.9 Å². The molecule has 1 unspecified atom stereocenters. The molecule has 3 fully saturated rings. The van der Waals surface area contributed by atoms with Gasteiger partial charge in [0.15, 0.2) is 11.6 Å². The topological polar surface area (TPSA) is 193 Å². The summed E-state index contributed by atoms with van der Waals surface area (Å²) in [7, 11) is -2.64. The van der Waals surface area contributed by atoms with E-state index >= 15 is 4.39 Å². The average molecular weight is 865 g/mol. The number of aromatic amines is 1. The van der Waals surface area contributed by atoms with Gasteiger partial charge in [-0.15, -0.1) is 0 Å². The van der Waals surface area contributed by atoms with Crippen LogP contribution in [0.2, 0.25) is 0 Å². The van der Waals surface area contributed by atoms with E-state index < -0.39 is 27.9 Å². The number of ketones is 1. The van der Waals surface area contributed by atoms with Gasteiger partial charge in [-0.3, -0.25) is 34.1 Å². The lowest BCUT2D eigenvalue weighted by atomic mass is 9.89. The van der Waals surface area contributed by atoms with Gasteiger partial charge in [0, 0.05) is 92.5 Å². The monoisotopic (exact) mass is 864 g/mol. The number of pyridine rings is 2. The lowest BCUT2D eigenvalue weighted by Gasteiger charge is -2.37. The number of imide groups is 1. The first-order valence-corrected chi connectivity index (χ1v) is 22.3. The lowest BCUT2D eigenvalue weighted by molar-refractivity contribution is -0.134. The molecule has 3 aromatic heterocycles. The third-order valence-electron chi connectivity index (χ3n) is 12.1. The number of carbonyl (C=O) groups excluding carboxylic acids is 4. The van der Waals surface area contributed by atoms with Crippen LogP contribution in [0.4, 0.5) is 21.6 Å². The van der Waals surface area contributed by atoms with E-state index in [1.807, 2.05) is 29.2 Å². The van der Waals surface area contributed by atoms with Gasteiger partial charge in [-0.2, -0.15) is 12.7 Å². The van der Waals surface area contributed by atoms with E-state index in [4.69, 9.17) is 4.98 Å². The van der Waals surface area contributed by atoms with Crippen molar-refractivity contribution in [3.8, 4) is 11.1 Å². The van der Waals surface area contributed by atoms with Crippen molar-refractivity contribution in [2.24, 2.45) is 0 Å². The molecule has 0 aliphatic carbocycles. The summed E-state index contributed by atoms with van der Waals surface area (Å²) in [6.07, 6.45) is 7.59. The number of halogens is 1. The Labute approximate surface area is 359 Å². The molecular weight excluding hydrogens is 816 g/mol. The number of rotatable bonds is 13. The number of fused-ring (bicyclic) bond motifs is 1. The van der Waals surface area contributed by atoms with Gasteiger partial charge in [0.25, 0.3) is 0 Å². The minimum Gasteiger partial charge on any atom is -0.374 e. The third kappa shape index (κ3) is 9.17. The average Bonchev–Trinajstić information content (AvgIpc) is 3.71. The number of benzene rings is 2. The number of likely N-dealkylation sites (tertiary alicyclic amines) is 1. The number of H-pyrrole nitrogens is 1. The molecule has 18 heteroatoms. The Morgan fingerprint density at radius 3 is 2.34 bits per heavy atom. The van der Waals surface area contributed by atoms with Crippen molar-refractivity contribution in [2.45, 2.75) is 44.6 Å². The molecule has 3 amide bonds. The molecule has 0 bridgehead atoms. The fourth-order valence-corrected chi connectivity index (χ4v) is 9.13. The smallest absolute Gasteiger partial charge is 0.301 e. The van der Waals surface area contributed by atoms with Crippen LogP contribution in [-0.2, 0) is 24.6 Å². The first-order valence-electron chi connectivity index (χ1n) is 20.8. The maximum Gasteiger partial charge on any atom is 0.301 e. The van der Waals surface area contributed by atoms with Crippen LogP contribution in [0.1, 0.15) is 60.0 Å². The van der Waals surface area contributed by atoms with Crippen molar-refractivity contribution in [1.82, 2.24) is 34.4 Å². The van der Waals surface area contributed by atoms with Crippen molar-refractivity contribution in [3.05, 3.63) is 102 Å². The van der Waals surface area contributed by atoms with Crippen LogP contribution in [0.15, 0.2) is 79.3 Å².